The van der Waals surface area contributed by atoms with Gasteiger partial charge in [0.25, 0.3) is 0 Å². The van der Waals surface area contributed by atoms with Gasteiger partial charge in [-0.15, -0.1) is 0 Å². The SMILES string of the molecule is CN1[C@@H](c2nccn2C2CCN(C)C3(CC3)C2)CCC[C@H]1c1ncccc1Cl. The van der Waals surface area contributed by atoms with Crippen molar-refractivity contribution < 1.29 is 0 Å². The van der Waals surface area contributed by atoms with Crippen molar-refractivity contribution in [2.75, 3.05) is 20.6 Å². The van der Waals surface area contributed by atoms with E-state index in [0.29, 0.717) is 17.6 Å². The van der Waals surface area contributed by atoms with Gasteiger partial charge in [0.15, 0.2) is 0 Å². The lowest BCUT2D eigenvalue weighted by molar-refractivity contribution is 0.0924. The molecule has 28 heavy (non-hydrogen) atoms. The molecule has 3 fully saturated rings. The Morgan fingerprint density at radius 2 is 1.89 bits per heavy atom. The summed E-state index contributed by atoms with van der Waals surface area (Å²) in [6.07, 6.45) is 14.7. The third-order valence-electron chi connectivity index (χ3n) is 7.48. The Kier molecular flexibility index (Phi) is 4.73. The molecule has 6 heteroatoms. The third-order valence-corrected chi connectivity index (χ3v) is 7.80. The number of hydrogen-bond donors (Lipinski definition) is 0. The summed E-state index contributed by atoms with van der Waals surface area (Å²) in [5.74, 6) is 1.23. The van der Waals surface area contributed by atoms with Crippen molar-refractivity contribution in [3.63, 3.8) is 0 Å². The topological polar surface area (TPSA) is 37.2 Å². The van der Waals surface area contributed by atoms with Crippen LogP contribution in [0.4, 0.5) is 0 Å². The normalized spacial score (nSPS) is 30.6. The zero-order chi connectivity index (χ0) is 19.3. The van der Waals surface area contributed by atoms with Gasteiger partial charge in [-0.3, -0.25) is 9.88 Å². The number of hydrogen-bond acceptors (Lipinski definition) is 4. The molecule has 2 aromatic heterocycles. The van der Waals surface area contributed by atoms with Gasteiger partial charge < -0.3 is 9.47 Å². The van der Waals surface area contributed by atoms with E-state index < -0.39 is 0 Å². The van der Waals surface area contributed by atoms with Crippen molar-refractivity contribution in [1.29, 1.82) is 0 Å². The number of aromatic nitrogens is 3. The minimum Gasteiger partial charge on any atom is -0.330 e. The van der Waals surface area contributed by atoms with E-state index in [9.17, 15) is 0 Å². The molecule has 1 aliphatic carbocycles. The van der Waals surface area contributed by atoms with Crippen LogP contribution in [0, 0.1) is 0 Å². The molecule has 2 aromatic rings. The summed E-state index contributed by atoms with van der Waals surface area (Å²) < 4.78 is 2.50. The quantitative estimate of drug-likeness (QED) is 0.754. The second-order valence-electron chi connectivity index (χ2n) is 8.98. The molecule has 3 atom stereocenters. The van der Waals surface area contributed by atoms with Gasteiger partial charge in [-0.25, -0.2) is 4.98 Å². The number of nitrogens with zero attached hydrogens (tertiary/aromatic N) is 5. The Hall–Kier alpha value is -1.43. The summed E-state index contributed by atoms with van der Waals surface area (Å²) in [5.41, 5.74) is 1.47. The molecule has 0 amide bonds. The predicted molar refractivity (Wildman–Crippen MR) is 111 cm³/mol. The standard InChI is InChI=1S/C22H30ClN5/c1-26-13-8-16(15-22(26)9-10-22)28-14-12-25-21(28)19-7-3-6-18(27(19)2)20-17(23)5-4-11-24-20/h4-5,11-12,14,16,18-19H,3,6-10,13,15H2,1-2H3/t16?,18-,19+/m0/s1. The fourth-order valence-electron chi connectivity index (χ4n) is 5.55. The lowest BCUT2D eigenvalue weighted by Gasteiger charge is -2.42. The molecule has 0 N–H and O–H groups in total. The molecular formula is C22H30ClN5. The number of likely N-dealkylation sites (tertiary alicyclic amines) is 2. The van der Waals surface area contributed by atoms with E-state index in [4.69, 9.17) is 16.6 Å². The Balaban J connectivity index is 1.41. The molecule has 0 radical (unpaired) electrons. The summed E-state index contributed by atoms with van der Waals surface area (Å²) in [5, 5.41) is 0.773. The lowest BCUT2D eigenvalue weighted by atomic mass is 9.92. The van der Waals surface area contributed by atoms with Gasteiger partial charge in [0, 0.05) is 36.7 Å². The van der Waals surface area contributed by atoms with E-state index in [1.165, 1.54) is 44.5 Å². The highest BCUT2D eigenvalue weighted by molar-refractivity contribution is 6.31. The highest BCUT2D eigenvalue weighted by Crippen LogP contribution is 2.51. The number of pyridine rings is 1. The first-order chi connectivity index (χ1) is 13.6. The molecule has 150 valence electrons. The van der Waals surface area contributed by atoms with Gasteiger partial charge in [0.05, 0.1) is 22.8 Å². The Morgan fingerprint density at radius 1 is 1.07 bits per heavy atom. The van der Waals surface area contributed by atoms with E-state index in [1.54, 1.807) is 0 Å². The summed E-state index contributed by atoms with van der Waals surface area (Å²) in [6.45, 7) is 1.19. The minimum atomic E-state index is 0.255. The van der Waals surface area contributed by atoms with Crippen LogP contribution in [0.3, 0.4) is 0 Å². The van der Waals surface area contributed by atoms with Gasteiger partial charge in [-0.05, 0) is 71.2 Å². The van der Waals surface area contributed by atoms with Gasteiger partial charge in [-0.1, -0.05) is 11.6 Å². The van der Waals surface area contributed by atoms with Crippen LogP contribution in [-0.2, 0) is 0 Å². The molecule has 3 aliphatic rings. The average molecular weight is 400 g/mol. The maximum absolute atomic E-state index is 6.49. The number of piperidine rings is 2. The van der Waals surface area contributed by atoms with E-state index in [1.807, 2.05) is 24.5 Å². The van der Waals surface area contributed by atoms with Crippen LogP contribution in [0.15, 0.2) is 30.7 Å². The van der Waals surface area contributed by atoms with Crippen molar-refractivity contribution >= 4 is 11.6 Å². The molecule has 0 aromatic carbocycles. The first-order valence-electron chi connectivity index (χ1n) is 10.7. The maximum Gasteiger partial charge on any atom is 0.126 e. The fraction of sp³-hybridized carbons (Fsp3) is 0.636. The molecule has 1 spiro atoms. The molecule has 2 saturated heterocycles. The number of rotatable bonds is 3. The molecule has 5 nitrogen and oxygen atoms in total. The Bertz CT molecular complexity index is 845. The van der Waals surface area contributed by atoms with Crippen LogP contribution >= 0.6 is 11.6 Å². The molecule has 5 rings (SSSR count). The van der Waals surface area contributed by atoms with Gasteiger partial charge in [0.1, 0.15) is 5.82 Å². The van der Waals surface area contributed by atoms with Gasteiger partial charge >= 0.3 is 0 Å². The van der Waals surface area contributed by atoms with Crippen molar-refractivity contribution in [2.24, 2.45) is 0 Å². The maximum atomic E-state index is 6.49. The third kappa shape index (κ3) is 3.08. The van der Waals surface area contributed by atoms with Crippen LogP contribution in [0.25, 0.3) is 0 Å². The van der Waals surface area contributed by atoms with E-state index in [0.717, 1.165) is 23.6 Å². The van der Waals surface area contributed by atoms with Crippen molar-refractivity contribution in [3.05, 3.63) is 47.3 Å². The highest BCUT2D eigenvalue weighted by Gasteiger charge is 2.50. The largest absolute Gasteiger partial charge is 0.330 e. The molecule has 1 unspecified atom stereocenters. The summed E-state index contributed by atoms with van der Waals surface area (Å²) in [7, 11) is 4.52. The summed E-state index contributed by atoms with van der Waals surface area (Å²) in [4.78, 5) is 14.5. The number of halogens is 1. The highest BCUT2D eigenvalue weighted by atomic mass is 35.5. The second kappa shape index (κ2) is 7.12. The zero-order valence-electron chi connectivity index (χ0n) is 16.9. The molecular weight excluding hydrogens is 370 g/mol. The van der Waals surface area contributed by atoms with Crippen LogP contribution < -0.4 is 0 Å². The van der Waals surface area contributed by atoms with Gasteiger partial charge in [0.2, 0.25) is 0 Å². The fourth-order valence-corrected chi connectivity index (χ4v) is 5.80. The van der Waals surface area contributed by atoms with Crippen LogP contribution in [0.1, 0.15) is 74.6 Å². The first-order valence-corrected chi connectivity index (χ1v) is 11.0. The van der Waals surface area contributed by atoms with Crippen LogP contribution in [0.5, 0.6) is 0 Å². The average Bonchev–Trinajstić information content (AvgIpc) is 3.30. The Labute approximate surface area is 172 Å². The van der Waals surface area contributed by atoms with E-state index in [2.05, 4.69) is 39.6 Å². The lowest BCUT2D eigenvalue weighted by Crippen LogP contribution is -2.43. The first kappa shape index (κ1) is 18.6. The molecule has 0 bridgehead atoms. The predicted octanol–water partition coefficient (Wildman–Crippen LogP) is 4.63. The van der Waals surface area contributed by atoms with Crippen molar-refractivity contribution in [1.82, 2.24) is 24.3 Å². The number of imidazole rings is 1. The second-order valence-corrected chi connectivity index (χ2v) is 9.39. The smallest absolute Gasteiger partial charge is 0.126 e. The Morgan fingerprint density at radius 3 is 2.68 bits per heavy atom. The minimum absolute atomic E-state index is 0.255. The summed E-state index contributed by atoms with van der Waals surface area (Å²) in [6, 6.07) is 5.01. The van der Waals surface area contributed by atoms with Crippen molar-refractivity contribution in [2.45, 2.75) is 68.6 Å². The monoisotopic (exact) mass is 399 g/mol. The van der Waals surface area contributed by atoms with Crippen LogP contribution in [0.2, 0.25) is 5.02 Å². The van der Waals surface area contributed by atoms with Crippen LogP contribution in [-0.4, -0.2) is 50.5 Å². The molecule has 1 saturated carbocycles. The van der Waals surface area contributed by atoms with E-state index in [-0.39, 0.29) is 6.04 Å². The van der Waals surface area contributed by atoms with E-state index >= 15 is 0 Å². The van der Waals surface area contributed by atoms with Gasteiger partial charge in [-0.2, -0.15) is 0 Å². The molecule has 4 heterocycles. The summed E-state index contributed by atoms with van der Waals surface area (Å²) >= 11 is 6.49. The molecule has 2 aliphatic heterocycles. The zero-order valence-corrected chi connectivity index (χ0v) is 17.6. The van der Waals surface area contributed by atoms with Crippen molar-refractivity contribution in [3.8, 4) is 0 Å².